The molecule has 4 aliphatic rings. The topological polar surface area (TPSA) is 49.8 Å². The summed E-state index contributed by atoms with van der Waals surface area (Å²) in [4.78, 5) is 15.4. The predicted octanol–water partition coefficient (Wildman–Crippen LogP) is 3.44. The monoisotopic (exact) mass is 355 g/mol. The van der Waals surface area contributed by atoms with E-state index >= 15 is 0 Å². The molecular weight excluding hydrogens is 326 g/mol. The second kappa shape index (κ2) is 5.72. The number of phenols is 1. The van der Waals surface area contributed by atoms with E-state index < -0.39 is 6.10 Å². The highest BCUT2D eigenvalue weighted by Crippen LogP contribution is 2.61. The Morgan fingerprint density at radius 3 is 2.85 bits per heavy atom. The maximum absolute atomic E-state index is 12.9. The molecule has 1 heterocycles. The number of nitrogens with zero attached hydrogens (tertiary/aromatic N) is 1. The molecule has 140 valence electrons. The zero-order valence-corrected chi connectivity index (χ0v) is 15.8. The second-order valence-electron chi connectivity index (χ2n) is 9.00. The van der Waals surface area contributed by atoms with Crippen LogP contribution < -0.4 is 4.74 Å². The molecule has 0 spiro atoms. The van der Waals surface area contributed by atoms with Crippen LogP contribution in [0.15, 0.2) is 12.1 Å². The molecule has 1 aromatic carbocycles. The number of Topliss-reactive ketones (excluding diaryl/α,β-unsaturated/α-hetero) is 1. The fourth-order valence-corrected chi connectivity index (χ4v) is 6.25. The third-order valence-corrected chi connectivity index (χ3v) is 7.41. The average molecular weight is 355 g/mol. The van der Waals surface area contributed by atoms with Crippen molar-refractivity contribution >= 4 is 5.78 Å². The van der Waals surface area contributed by atoms with E-state index in [1.165, 1.54) is 30.5 Å². The van der Waals surface area contributed by atoms with Crippen LogP contribution >= 0.6 is 0 Å². The summed E-state index contributed by atoms with van der Waals surface area (Å²) < 4.78 is 6.20. The first kappa shape index (κ1) is 16.6. The van der Waals surface area contributed by atoms with E-state index in [0.29, 0.717) is 24.1 Å². The Bertz CT molecular complexity index is 756. The molecule has 0 saturated heterocycles. The first-order valence-electron chi connectivity index (χ1n) is 10.3. The van der Waals surface area contributed by atoms with Crippen molar-refractivity contribution in [2.24, 2.45) is 11.8 Å². The molecule has 3 aliphatic carbocycles. The van der Waals surface area contributed by atoms with E-state index in [1.807, 2.05) is 0 Å². The lowest BCUT2D eigenvalue weighted by Crippen LogP contribution is -2.61. The van der Waals surface area contributed by atoms with Gasteiger partial charge in [0.2, 0.25) is 0 Å². The average Bonchev–Trinajstić information content (AvgIpc) is 3.35. The lowest BCUT2D eigenvalue weighted by Gasteiger charge is -2.53. The molecule has 0 bridgehead atoms. The largest absolute Gasteiger partial charge is 0.504 e. The molecule has 1 aromatic rings. The van der Waals surface area contributed by atoms with Gasteiger partial charge in [-0.1, -0.05) is 19.4 Å². The fraction of sp³-hybridized carbons (Fsp3) is 0.682. The van der Waals surface area contributed by atoms with E-state index in [2.05, 4.69) is 24.9 Å². The molecular formula is C22H29NO3. The number of ether oxygens (including phenoxy) is 1. The molecule has 4 heteroatoms. The number of carbonyl (C=O) groups excluding carboxylic acids is 1. The highest BCUT2D eigenvalue weighted by molar-refractivity contribution is 5.89. The summed E-state index contributed by atoms with van der Waals surface area (Å²) in [6, 6.07) is 4.29. The quantitative estimate of drug-likeness (QED) is 0.879. The number of hydrogen-bond acceptors (Lipinski definition) is 4. The summed E-state index contributed by atoms with van der Waals surface area (Å²) in [5, 5.41) is 10.4. The van der Waals surface area contributed by atoms with Gasteiger partial charge in [0, 0.05) is 30.0 Å². The van der Waals surface area contributed by atoms with Crippen LogP contribution in [0.2, 0.25) is 0 Å². The number of carbonyl (C=O) groups is 1. The number of ketones is 1. The minimum absolute atomic E-state index is 0.199. The lowest BCUT2D eigenvalue weighted by molar-refractivity contribution is -0.135. The van der Waals surface area contributed by atoms with Gasteiger partial charge in [-0.05, 0) is 62.6 Å². The lowest BCUT2D eigenvalue weighted by atomic mass is 9.53. The molecule has 4 atom stereocenters. The molecule has 0 radical (unpaired) electrons. The van der Waals surface area contributed by atoms with Crippen LogP contribution in [0, 0.1) is 11.8 Å². The Balaban J connectivity index is 1.66. The Labute approximate surface area is 155 Å². The summed E-state index contributed by atoms with van der Waals surface area (Å²) in [5.74, 6) is 2.32. The second-order valence-corrected chi connectivity index (χ2v) is 9.00. The van der Waals surface area contributed by atoms with Crippen LogP contribution in [0.1, 0.15) is 56.6 Å². The van der Waals surface area contributed by atoms with Crippen LogP contribution in [0.4, 0.5) is 0 Å². The summed E-state index contributed by atoms with van der Waals surface area (Å²) in [5.41, 5.74) is 2.21. The fourth-order valence-electron chi connectivity index (χ4n) is 6.25. The smallest absolute Gasteiger partial charge is 0.174 e. The van der Waals surface area contributed by atoms with Crippen molar-refractivity contribution < 1.29 is 14.6 Å². The third kappa shape index (κ3) is 2.14. The van der Waals surface area contributed by atoms with Crippen molar-refractivity contribution in [1.29, 1.82) is 0 Å². The maximum Gasteiger partial charge on any atom is 0.174 e. The van der Waals surface area contributed by atoms with Crippen molar-refractivity contribution in [3.8, 4) is 11.5 Å². The first-order valence-corrected chi connectivity index (χ1v) is 10.3. The minimum atomic E-state index is -0.402. The Hall–Kier alpha value is -1.55. The van der Waals surface area contributed by atoms with E-state index in [0.717, 1.165) is 31.6 Å². The van der Waals surface area contributed by atoms with Crippen LogP contribution in [0.3, 0.4) is 0 Å². The van der Waals surface area contributed by atoms with Crippen LogP contribution in [-0.2, 0) is 16.6 Å². The van der Waals surface area contributed by atoms with Gasteiger partial charge in [0.05, 0.1) is 0 Å². The van der Waals surface area contributed by atoms with E-state index in [-0.39, 0.29) is 16.9 Å². The van der Waals surface area contributed by atoms with Gasteiger partial charge in [-0.3, -0.25) is 4.79 Å². The molecule has 2 saturated carbocycles. The minimum Gasteiger partial charge on any atom is -0.504 e. The molecule has 2 fully saturated rings. The van der Waals surface area contributed by atoms with Crippen molar-refractivity contribution in [1.82, 2.24) is 4.90 Å². The molecule has 3 unspecified atom stereocenters. The maximum atomic E-state index is 12.9. The highest BCUT2D eigenvalue weighted by atomic mass is 16.5. The number of benzene rings is 1. The van der Waals surface area contributed by atoms with Crippen LogP contribution in [0.25, 0.3) is 0 Å². The summed E-state index contributed by atoms with van der Waals surface area (Å²) in [6.07, 6.45) is 6.88. The first-order chi connectivity index (χ1) is 12.6. The Morgan fingerprint density at radius 2 is 2.12 bits per heavy atom. The summed E-state index contributed by atoms with van der Waals surface area (Å²) >= 11 is 0. The molecule has 1 aliphatic heterocycles. The van der Waals surface area contributed by atoms with E-state index in [9.17, 15) is 9.90 Å². The molecule has 5 rings (SSSR count). The number of phenolic OH excluding ortho intramolecular Hbond substituents is 1. The van der Waals surface area contributed by atoms with Gasteiger partial charge in [0.1, 0.15) is 0 Å². The van der Waals surface area contributed by atoms with Gasteiger partial charge < -0.3 is 14.7 Å². The van der Waals surface area contributed by atoms with Crippen molar-refractivity contribution in [3.05, 3.63) is 23.3 Å². The van der Waals surface area contributed by atoms with Gasteiger partial charge in [-0.15, -0.1) is 0 Å². The van der Waals surface area contributed by atoms with Crippen molar-refractivity contribution in [3.63, 3.8) is 0 Å². The molecule has 0 amide bonds. The summed E-state index contributed by atoms with van der Waals surface area (Å²) in [6.45, 7) is 3.37. The van der Waals surface area contributed by atoms with Gasteiger partial charge in [-0.2, -0.15) is 0 Å². The summed E-state index contributed by atoms with van der Waals surface area (Å²) in [7, 11) is 2.27. The Morgan fingerprint density at radius 1 is 1.31 bits per heavy atom. The van der Waals surface area contributed by atoms with E-state index in [1.54, 1.807) is 6.07 Å². The standard InChI is InChI=1S/C22H29NO3/c1-3-10-22-15-7-9-18(25)21(22)26-20-17(24)8-6-14(19(20)22)11-16(15)23(2)12-13-4-5-13/h6,8,13,15-16,21,24H,3-5,7,9-12H2,1-2H3/t15?,16?,21?,22-/m1/s1. The SMILES string of the molecule is CCC[C@@]12c3c4ccc(O)c3OC1C(=O)CCC2C(N(C)CC1CC1)C4. The van der Waals surface area contributed by atoms with E-state index in [4.69, 9.17) is 4.74 Å². The van der Waals surface area contributed by atoms with Gasteiger partial charge in [-0.25, -0.2) is 0 Å². The van der Waals surface area contributed by atoms with Crippen LogP contribution in [0.5, 0.6) is 11.5 Å². The Kier molecular flexibility index (Phi) is 3.66. The zero-order chi connectivity index (χ0) is 18.1. The van der Waals surface area contributed by atoms with Gasteiger partial charge >= 0.3 is 0 Å². The number of aromatic hydroxyl groups is 1. The predicted molar refractivity (Wildman–Crippen MR) is 99.7 cm³/mol. The van der Waals surface area contributed by atoms with Gasteiger partial charge in [0.25, 0.3) is 0 Å². The van der Waals surface area contributed by atoms with Crippen molar-refractivity contribution in [2.75, 3.05) is 13.6 Å². The van der Waals surface area contributed by atoms with Crippen molar-refractivity contribution in [2.45, 2.75) is 69.4 Å². The third-order valence-electron chi connectivity index (χ3n) is 7.41. The number of rotatable bonds is 5. The number of hydrogen-bond donors (Lipinski definition) is 1. The molecule has 0 aromatic heterocycles. The zero-order valence-electron chi connectivity index (χ0n) is 15.8. The highest BCUT2D eigenvalue weighted by Gasteiger charge is 2.63. The molecule has 26 heavy (non-hydrogen) atoms. The molecule has 1 N–H and O–H groups in total. The molecule has 4 nitrogen and oxygen atoms in total. The van der Waals surface area contributed by atoms with Gasteiger partial charge in [0.15, 0.2) is 23.4 Å². The van der Waals surface area contributed by atoms with Crippen LogP contribution in [-0.4, -0.2) is 41.5 Å². The normalized spacial score (nSPS) is 34.7. The number of likely N-dealkylation sites (N-methyl/N-ethyl adjacent to an activating group) is 1.